The van der Waals surface area contributed by atoms with Crippen molar-refractivity contribution in [2.75, 3.05) is 11.6 Å². The third-order valence-corrected chi connectivity index (χ3v) is 7.21. The number of benzene rings is 3. The van der Waals surface area contributed by atoms with E-state index in [9.17, 15) is 9.59 Å². The van der Waals surface area contributed by atoms with Gasteiger partial charge in [-0.2, -0.15) is 10.1 Å². The number of carbonyl (C=O) groups excluding carboxylic acids is 2. The van der Waals surface area contributed by atoms with Crippen molar-refractivity contribution in [1.82, 2.24) is 0 Å². The molecule has 0 unspecified atom stereocenters. The van der Waals surface area contributed by atoms with Crippen molar-refractivity contribution in [2.24, 2.45) is 5.10 Å². The molecule has 0 N–H and O–H groups in total. The number of rotatable bonds is 7. The molecule has 37 heavy (non-hydrogen) atoms. The number of carbonyl (C=O) groups is 2. The minimum atomic E-state index is -0.865. The third-order valence-electron chi connectivity index (χ3n) is 7.21. The highest BCUT2D eigenvalue weighted by molar-refractivity contribution is 6.04. The molecule has 5 heteroatoms. The molecule has 1 aliphatic carbocycles. The molecule has 0 aliphatic heterocycles. The molecule has 3 aromatic rings. The molecule has 0 heterocycles. The van der Waals surface area contributed by atoms with Crippen molar-refractivity contribution in [1.29, 1.82) is 0 Å². The van der Waals surface area contributed by atoms with Gasteiger partial charge in [0.15, 0.2) is 0 Å². The lowest BCUT2D eigenvalue weighted by Gasteiger charge is -2.30. The predicted octanol–water partition coefficient (Wildman–Crippen LogP) is 6.92. The lowest BCUT2D eigenvalue weighted by atomic mass is 9.81. The third kappa shape index (κ3) is 4.86. The topological polar surface area (TPSA) is 59.0 Å². The molecular formula is C32H34N2O3. The number of nitrogens with zero attached hydrogens (tertiary/aromatic N) is 2. The summed E-state index contributed by atoms with van der Waals surface area (Å²) in [7, 11) is 0. The molecule has 4 rings (SSSR count). The molecule has 1 aliphatic rings. The molecule has 0 radical (unpaired) electrons. The molecule has 0 spiro atoms. The van der Waals surface area contributed by atoms with Crippen LogP contribution in [0.15, 0.2) is 89.5 Å². The van der Waals surface area contributed by atoms with Crippen LogP contribution in [0.4, 0.5) is 5.69 Å². The number of hydrogen-bond donors (Lipinski definition) is 0. The summed E-state index contributed by atoms with van der Waals surface area (Å²) in [6.45, 7) is 12.3. The number of allylic oxidation sites excluding steroid dienone is 2. The second-order valence-corrected chi connectivity index (χ2v) is 10.3. The van der Waals surface area contributed by atoms with Crippen LogP contribution in [-0.2, 0) is 20.4 Å². The van der Waals surface area contributed by atoms with Gasteiger partial charge in [0.2, 0.25) is 0 Å². The van der Waals surface area contributed by atoms with Crippen LogP contribution in [0, 0.1) is 0 Å². The van der Waals surface area contributed by atoms with Crippen molar-refractivity contribution in [3.63, 3.8) is 0 Å². The van der Waals surface area contributed by atoms with Crippen molar-refractivity contribution < 1.29 is 14.3 Å². The van der Waals surface area contributed by atoms with Gasteiger partial charge in [0.05, 0.1) is 29.5 Å². The van der Waals surface area contributed by atoms with Crippen LogP contribution in [0.1, 0.15) is 68.6 Å². The highest BCUT2D eigenvalue weighted by Crippen LogP contribution is 2.45. The molecule has 0 saturated carbocycles. The second-order valence-electron chi connectivity index (χ2n) is 10.3. The molecule has 5 nitrogen and oxygen atoms in total. The van der Waals surface area contributed by atoms with Crippen molar-refractivity contribution >= 4 is 29.4 Å². The van der Waals surface area contributed by atoms with Crippen LogP contribution in [0.25, 0.3) is 5.57 Å². The maximum Gasteiger partial charge on any atom is 0.338 e. The maximum atomic E-state index is 14.1. The molecule has 0 saturated heterocycles. The van der Waals surface area contributed by atoms with Gasteiger partial charge in [-0.1, -0.05) is 74.5 Å². The van der Waals surface area contributed by atoms with Crippen LogP contribution in [0.5, 0.6) is 0 Å². The van der Waals surface area contributed by atoms with E-state index in [1.807, 2.05) is 56.3 Å². The molecule has 0 fully saturated rings. The Morgan fingerprint density at radius 3 is 2.32 bits per heavy atom. The van der Waals surface area contributed by atoms with Crippen molar-refractivity contribution in [2.45, 2.75) is 52.4 Å². The Bertz CT molecular complexity index is 1380. The molecule has 0 bridgehead atoms. The quantitative estimate of drug-likeness (QED) is 0.203. The second kappa shape index (κ2) is 10.2. The average molecular weight is 495 g/mol. The summed E-state index contributed by atoms with van der Waals surface area (Å²) in [5.41, 5.74) is 5.24. The van der Waals surface area contributed by atoms with Crippen LogP contribution < -0.4 is 5.01 Å². The summed E-state index contributed by atoms with van der Waals surface area (Å²) >= 11 is 0. The zero-order valence-electron chi connectivity index (χ0n) is 22.4. The smallest absolute Gasteiger partial charge is 0.338 e. The summed E-state index contributed by atoms with van der Waals surface area (Å²) in [5.74, 6) is -0.642. The molecule has 3 aromatic carbocycles. The fraction of sp³-hybridized carbons (Fsp3) is 0.281. The number of fused-ring (bicyclic) bond motifs is 1. The zero-order valence-corrected chi connectivity index (χ0v) is 22.4. The lowest BCUT2D eigenvalue weighted by molar-refractivity contribution is -0.123. The number of anilines is 1. The fourth-order valence-corrected chi connectivity index (χ4v) is 4.95. The van der Waals surface area contributed by atoms with Crippen LogP contribution in [0.2, 0.25) is 0 Å². The molecule has 0 aromatic heterocycles. The standard InChI is InChI=1S/C32H34N2O3/c1-7-37-29(35)23-14-13-17-25(20-23)34(30(36)31(3,4)24-15-9-8-10-16-24)33-21-28-22(2)26-18-11-12-19-27(26)32(28,5)6/h8-21H,7H2,1-6H3/b33-21-. The van der Waals surface area contributed by atoms with Crippen molar-refractivity contribution in [3.8, 4) is 0 Å². The van der Waals surface area contributed by atoms with Gasteiger partial charge in [-0.05, 0) is 73.7 Å². The summed E-state index contributed by atoms with van der Waals surface area (Å²) in [6.07, 6.45) is 1.80. The Kier molecular flexibility index (Phi) is 7.17. The van der Waals surface area contributed by atoms with E-state index in [-0.39, 0.29) is 17.9 Å². The minimum Gasteiger partial charge on any atom is -0.462 e. The number of hydrogen-bond acceptors (Lipinski definition) is 4. The average Bonchev–Trinajstić information content (AvgIpc) is 3.10. The Morgan fingerprint density at radius 1 is 0.973 bits per heavy atom. The Balaban J connectivity index is 1.80. The van der Waals surface area contributed by atoms with Gasteiger partial charge in [0.1, 0.15) is 0 Å². The molecule has 0 atom stereocenters. The molecular weight excluding hydrogens is 460 g/mol. The Labute approximate surface area is 219 Å². The number of amides is 1. The first-order valence-corrected chi connectivity index (χ1v) is 12.6. The largest absolute Gasteiger partial charge is 0.462 e. The van der Waals surface area contributed by atoms with Crippen LogP contribution in [0.3, 0.4) is 0 Å². The first kappa shape index (κ1) is 26.1. The van der Waals surface area contributed by atoms with Gasteiger partial charge in [-0.3, -0.25) is 4.79 Å². The summed E-state index contributed by atoms with van der Waals surface area (Å²) in [4.78, 5) is 26.6. The number of esters is 1. The number of hydrazone groups is 1. The van der Waals surface area contributed by atoms with Gasteiger partial charge in [-0.25, -0.2) is 4.79 Å². The Morgan fingerprint density at radius 2 is 1.65 bits per heavy atom. The summed E-state index contributed by atoms with van der Waals surface area (Å²) < 4.78 is 5.19. The maximum absolute atomic E-state index is 14.1. The SMILES string of the molecule is CCOC(=O)c1cccc(N(/N=C\C2=C(C)c3ccccc3C2(C)C)C(=O)C(C)(C)c2ccccc2)c1. The van der Waals surface area contributed by atoms with Crippen molar-refractivity contribution in [3.05, 3.63) is 107 Å². The minimum absolute atomic E-state index is 0.206. The van der Waals surface area contributed by atoms with Gasteiger partial charge in [0.25, 0.3) is 5.91 Å². The van der Waals surface area contributed by atoms with Gasteiger partial charge in [-0.15, -0.1) is 0 Å². The lowest BCUT2D eigenvalue weighted by Crippen LogP contribution is -2.41. The van der Waals surface area contributed by atoms with E-state index in [0.717, 1.165) is 16.7 Å². The van der Waals surface area contributed by atoms with E-state index in [1.54, 1.807) is 37.4 Å². The first-order chi connectivity index (χ1) is 17.6. The van der Waals surface area contributed by atoms with E-state index < -0.39 is 11.4 Å². The van der Waals surface area contributed by atoms with Gasteiger partial charge < -0.3 is 4.74 Å². The van der Waals surface area contributed by atoms with E-state index in [1.165, 1.54) is 16.1 Å². The van der Waals surface area contributed by atoms with Crippen LogP contribution in [-0.4, -0.2) is 24.7 Å². The van der Waals surface area contributed by atoms with E-state index in [4.69, 9.17) is 9.84 Å². The number of ether oxygens (including phenoxy) is 1. The van der Waals surface area contributed by atoms with Gasteiger partial charge >= 0.3 is 5.97 Å². The van der Waals surface area contributed by atoms with E-state index >= 15 is 0 Å². The predicted molar refractivity (Wildman–Crippen MR) is 150 cm³/mol. The fourth-order valence-electron chi connectivity index (χ4n) is 4.95. The highest BCUT2D eigenvalue weighted by atomic mass is 16.5. The normalized spacial score (nSPS) is 14.5. The van der Waals surface area contributed by atoms with Crippen LogP contribution >= 0.6 is 0 Å². The summed E-state index contributed by atoms with van der Waals surface area (Å²) in [5, 5.41) is 6.20. The van der Waals surface area contributed by atoms with E-state index in [2.05, 4.69) is 32.9 Å². The van der Waals surface area contributed by atoms with Gasteiger partial charge in [0, 0.05) is 5.41 Å². The first-order valence-electron chi connectivity index (χ1n) is 12.6. The van der Waals surface area contributed by atoms with E-state index in [0.29, 0.717) is 11.3 Å². The molecule has 190 valence electrons. The molecule has 1 amide bonds. The Hall–Kier alpha value is -3.99. The zero-order chi connectivity index (χ0) is 26.8. The highest BCUT2D eigenvalue weighted by Gasteiger charge is 2.37. The monoisotopic (exact) mass is 494 g/mol. The summed E-state index contributed by atoms with van der Waals surface area (Å²) in [6, 6.07) is 24.9.